The molecule has 0 heterocycles. The molecule has 30 heavy (non-hydrogen) atoms. The maximum atomic E-state index is 13.8. The molecule has 1 rings (SSSR count). The second-order valence-electron chi connectivity index (χ2n) is 7.23. The second-order valence-corrected chi connectivity index (χ2v) is 7.23. The number of anilines is 1. The van der Waals surface area contributed by atoms with E-state index in [2.05, 4.69) is 9.80 Å². The van der Waals surface area contributed by atoms with E-state index in [4.69, 9.17) is 0 Å². The molecule has 174 valence electrons. The van der Waals surface area contributed by atoms with Gasteiger partial charge in [-0.25, -0.2) is 0 Å². The van der Waals surface area contributed by atoms with Crippen LogP contribution in [0, 0.1) is 6.92 Å². The summed E-state index contributed by atoms with van der Waals surface area (Å²) in [5, 5.41) is 0. The highest BCUT2D eigenvalue weighted by Crippen LogP contribution is 2.42. The van der Waals surface area contributed by atoms with Gasteiger partial charge in [-0.05, 0) is 50.8 Å². The minimum Gasteiger partial charge on any atom is -0.368 e. The Morgan fingerprint density at radius 1 is 0.667 bits per heavy atom. The van der Waals surface area contributed by atoms with E-state index < -0.39 is 23.5 Å². The van der Waals surface area contributed by atoms with Crippen molar-refractivity contribution in [3.63, 3.8) is 0 Å². The summed E-state index contributed by atoms with van der Waals surface area (Å²) < 4.78 is 80.9. The Balaban J connectivity index is 3.44. The number of aryl methyl sites for hydroxylation is 1. The third kappa shape index (κ3) is 7.34. The van der Waals surface area contributed by atoms with Crippen molar-refractivity contribution in [2.75, 3.05) is 57.3 Å². The summed E-state index contributed by atoms with van der Waals surface area (Å²) in [6.45, 7) is 13.9. The predicted octanol–water partition coefficient (Wildman–Crippen LogP) is 5.52. The molecule has 0 radical (unpaired) electrons. The Kier molecular flexibility index (Phi) is 9.94. The number of benzene rings is 1. The normalized spacial score (nSPS) is 12.8. The molecule has 0 saturated heterocycles. The van der Waals surface area contributed by atoms with Gasteiger partial charge in [0.05, 0.1) is 16.8 Å². The smallest absolute Gasteiger partial charge is 0.368 e. The molecule has 0 fully saturated rings. The van der Waals surface area contributed by atoms with Gasteiger partial charge in [-0.3, -0.25) is 0 Å². The van der Waals surface area contributed by atoms with E-state index >= 15 is 0 Å². The summed E-state index contributed by atoms with van der Waals surface area (Å²) in [6.07, 6.45) is -9.72. The Labute approximate surface area is 175 Å². The fourth-order valence-electron chi connectivity index (χ4n) is 3.52. The number of alkyl halides is 6. The average molecular weight is 442 g/mol. The van der Waals surface area contributed by atoms with Crippen molar-refractivity contribution in [1.29, 1.82) is 0 Å². The van der Waals surface area contributed by atoms with Crippen LogP contribution >= 0.6 is 0 Å². The summed E-state index contributed by atoms with van der Waals surface area (Å²) in [4.78, 5) is 5.75. The van der Waals surface area contributed by atoms with Crippen LogP contribution in [0.25, 0.3) is 0 Å². The SMILES string of the molecule is CCN(CC)CCN(CCN(CC)CC)c1c(C)cc(C(F)(F)F)cc1C(F)(F)F. The number of nitrogens with zero attached hydrogens (tertiary/aromatic N) is 3. The molecule has 0 aliphatic rings. The quantitative estimate of drug-likeness (QED) is 0.419. The topological polar surface area (TPSA) is 9.72 Å². The van der Waals surface area contributed by atoms with Gasteiger partial charge in [-0.1, -0.05) is 27.7 Å². The van der Waals surface area contributed by atoms with Gasteiger partial charge in [-0.2, -0.15) is 26.3 Å². The fourth-order valence-corrected chi connectivity index (χ4v) is 3.52. The highest BCUT2D eigenvalue weighted by atomic mass is 19.4. The summed E-state index contributed by atoms with van der Waals surface area (Å²) in [7, 11) is 0. The van der Waals surface area contributed by atoms with E-state index in [9.17, 15) is 26.3 Å². The Bertz CT molecular complexity index is 633. The minimum absolute atomic E-state index is 0.0174. The molecule has 0 spiro atoms. The van der Waals surface area contributed by atoms with Crippen LogP contribution in [0.15, 0.2) is 12.1 Å². The van der Waals surface area contributed by atoms with Gasteiger partial charge >= 0.3 is 12.4 Å². The van der Waals surface area contributed by atoms with Crippen molar-refractivity contribution < 1.29 is 26.3 Å². The first-order chi connectivity index (χ1) is 13.9. The third-order valence-electron chi connectivity index (χ3n) is 5.41. The molecule has 0 aliphatic carbocycles. The molecule has 0 bridgehead atoms. The molecule has 0 atom stereocenters. The standard InChI is InChI=1S/C21H33F6N3/c1-6-28(7-2)10-12-30(13-11-29(8-3)9-4)19-16(5)14-17(20(22,23)24)15-18(19)21(25,26)27/h14-15H,6-13H2,1-5H3. The van der Waals surface area contributed by atoms with Gasteiger partial charge in [0, 0.05) is 26.2 Å². The van der Waals surface area contributed by atoms with Gasteiger partial charge in [0.2, 0.25) is 0 Å². The molecule has 0 unspecified atom stereocenters. The number of rotatable bonds is 11. The maximum Gasteiger partial charge on any atom is 0.418 e. The van der Waals surface area contributed by atoms with Crippen molar-refractivity contribution in [2.24, 2.45) is 0 Å². The number of hydrogen-bond donors (Lipinski definition) is 0. The molecule has 0 aliphatic heterocycles. The van der Waals surface area contributed by atoms with Gasteiger partial charge in [0.15, 0.2) is 0 Å². The first kappa shape index (κ1) is 26.6. The molecule has 0 amide bonds. The van der Waals surface area contributed by atoms with Crippen LogP contribution in [0.5, 0.6) is 0 Å². The number of hydrogen-bond acceptors (Lipinski definition) is 3. The zero-order valence-corrected chi connectivity index (χ0v) is 18.4. The van der Waals surface area contributed by atoms with Crippen molar-refractivity contribution in [2.45, 2.75) is 47.0 Å². The summed E-state index contributed by atoms with van der Waals surface area (Å²) in [5.74, 6) is 0. The molecule has 1 aromatic carbocycles. The summed E-state index contributed by atoms with van der Waals surface area (Å²) >= 11 is 0. The van der Waals surface area contributed by atoms with Crippen molar-refractivity contribution in [1.82, 2.24) is 9.80 Å². The average Bonchev–Trinajstić information content (AvgIpc) is 2.66. The molecular weight excluding hydrogens is 408 g/mol. The lowest BCUT2D eigenvalue weighted by Gasteiger charge is -2.33. The Hall–Kier alpha value is -1.48. The van der Waals surface area contributed by atoms with Crippen LogP contribution in [0.4, 0.5) is 32.0 Å². The van der Waals surface area contributed by atoms with Gasteiger partial charge < -0.3 is 14.7 Å². The molecule has 0 N–H and O–H groups in total. The van der Waals surface area contributed by atoms with Crippen molar-refractivity contribution >= 4 is 5.69 Å². The van der Waals surface area contributed by atoms with Crippen LogP contribution in [-0.4, -0.2) is 62.2 Å². The van der Waals surface area contributed by atoms with E-state index in [-0.39, 0.29) is 17.3 Å². The predicted molar refractivity (Wildman–Crippen MR) is 109 cm³/mol. The van der Waals surface area contributed by atoms with Crippen LogP contribution in [-0.2, 0) is 12.4 Å². The van der Waals surface area contributed by atoms with E-state index in [1.807, 2.05) is 27.7 Å². The van der Waals surface area contributed by atoms with Gasteiger partial charge in [-0.15, -0.1) is 0 Å². The zero-order chi connectivity index (χ0) is 23.1. The first-order valence-corrected chi connectivity index (χ1v) is 10.4. The van der Waals surface area contributed by atoms with E-state index in [1.54, 1.807) is 4.90 Å². The van der Waals surface area contributed by atoms with Gasteiger partial charge in [0.1, 0.15) is 0 Å². The van der Waals surface area contributed by atoms with Crippen LogP contribution in [0.1, 0.15) is 44.4 Å². The zero-order valence-electron chi connectivity index (χ0n) is 18.4. The molecule has 0 saturated carbocycles. The Morgan fingerprint density at radius 3 is 1.43 bits per heavy atom. The summed E-state index contributed by atoms with van der Waals surface area (Å²) in [6, 6.07) is 1.05. The van der Waals surface area contributed by atoms with Crippen molar-refractivity contribution in [3.05, 3.63) is 28.8 Å². The minimum atomic E-state index is -4.88. The van der Waals surface area contributed by atoms with Crippen LogP contribution < -0.4 is 4.90 Å². The second kappa shape index (κ2) is 11.2. The lowest BCUT2D eigenvalue weighted by atomic mass is 10.0. The van der Waals surface area contributed by atoms with Crippen LogP contribution in [0.2, 0.25) is 0 Å². The number of halogens is 6. The summed E-state index contributed by atoms with van der Waals surface area (Å²) in [5.41, 5.74) is -2.68. The van der Waals surface area contributed by atoms with E-state index in [0.29, 0.717) is 26.2 Å². The van der Waals surface area contributed by atoms with Crippen LogP contribution in [0.3, 0.4) is 0 Å². The monoisotopic (exact) mass is 441 g/mol. The lowest BCUT2D eigenvalue weighted by molar-refractivity contribution is -0.142. The molecule has 9 heteroatoms. The van der Waals surface area contributed by atoms with Gasteiger partial charge in [0.25, 0.3) is 0 Å². The third-order valence-corrected chi connectivity index (χ3v) is 5.41. The molecule has 0 aromatic heterocycles. The molecule has 3 nitrogen and oxygen atoms in total. The first-order valence-electron chi connectivity index (χ1n) is 10.4. The molecule has 1 aromatic rings. The molecular formula is C21H33F6N3. The van der Waals surface area contributed by atoms with E-state index in [0.717, 1.165) is 32.2 Å². The number of likely N-dealkylation sites (N-methyl/N-ethyl adjacent to an activating group) is 2. The fraction of sp³-hybridized carbons (Fsp3) is 0.714. The Morgan fingerprint density at radius 2 is 1.10 bits per heavy atom. The highest BCUT2D eigenvalue weighted by molar-refractivity contribution is 5.62. The highest BCUT2D eigenvalue weighted by Gasteiger charge is 2.40. The lowest BCUT2D eigenvalue weighted by Crippen LogP contribution is -2.41. The van der Waals surface area contributed by atoms with Crippen molar-refractivity contribution in [3.8, 4) is 0 Å². The van der Waals surface area contributed by atoms with E-state index in [1.165, 1.54) is 6.92 Å². The maximum absolute atomic E-state index is 13.8. The largest absolute Gasteiger partial charge is 0.418 e.